The third-order valence-electron chi connectivity index (χ3n) is 3.53. The number of benzene rings is 1. The quantitative estimate of drug-likeness (QED) is 0.485. The van der Waals surface area contributed by atoms with E-state index in [0.29, 0.717) is 0 Å². The first-order valence-electron chi connectivity index (χ1n) is 7.40. The molecule has 12 heteroatoms. The highest BCUT2D eigenvalue weighted by Crippen LogP contribution is 2.28. The molecule has 0 aliphatic carbocycles. The summed E-state index contributed by atoms with van der Waals surface area (Å²) in [7, 11) is 0. The van der Waals surface area contributed by atoms with Crippen molar-refractivity contribution < 1.29 is 34.5 Å². The predicted octanol–water partition coefficient (Wildman–Crippen LogP) is 0.341. The molecule has 1 aromatic carbocycles. The number of anilines is 1. The number of para-hydroxylation sites is 1. The zero-order chi connectivity index (χ0) is 20.1. The molecule has 5 N–H and O–H groups in total. The Morgan fingerprint density at radius 1 is 1.26 bits per heavy atom. The van der Waals surface area contributed by atoms with Gasteiger partial charge in [0.2, 0.25) is 6.10 Å². The minimum atomic E-state index is -1.92. The van der Waals surface area contributed by atoms with E-state index >= 15 is 0 Å². The lowest BCUT2D eigenvalue weighted by Crippen LogP contribution is -2.34. The number of imidazole rings is 1. The summed E-state index contributed by atoms with van der Waals surface area (Å²) in [6.45, 7) is 0. The number of nitrogens with two attached hydrogens (primary N) is 1. The molecule has 2 rings (SSSR count). The zero-order valence-corrected chi connectivity index (χ0v) is 13.6. The third-order valence-corrected chi connectivity index (χ3v) is 3.53. The molecule has 144 valence electrons. The summed E-state index contributed by atoms with van der Waals surface area (Å²) in [5.74, 6) is -2.89. The van der Waals surface area contributed by atoms with Crippen molar-refractivity contribution in [1.82, 2.24) is 9.55 Å². The van der Waals surface area contributed by atoms with Crippen LogP contribution >= 0.6 is 0 Å². The lowest BCUT2D eigenvalue weighted by atomic mass is 10.1. The molecular formula is C15H15N4O8-. The monoisotopic (exact) mass is 379 g/mol. The topological polar surface area (TPSA) is 191 Å². The Kier molecular flexibility index (Phi) is 6.07. The van der Waals surface area contributed by atoms with E-state index in [2.05, 4.69) is 4.98 Å². The number of rotatable bonds is 7. The minimum Gasteiger partial charge on any atom is -0.733 e. The molecule has 0 bridgehead atoms. The highest BCUT2D eigenvalue weighted by Gasteiger charge is 2.29. The van der Waals surface area contributed by atoms with Crippen LogP contribution in [0.15, 0.2) is 36.8 Å². The first-order valence-corrected chi connectivity index (χ1v) is 7.40. The number of carbonyl (C=O) groups excluding carboxylic acids is 1. The summed E-state index contributed by atoms with van der Waals surface area (Å²) < 4.78 is 5.74. The normalized spacial score (nSPS) is 12.9. The maximum atomic E-state index is 12.3. The fourth-order valence-corrected chi connectivity index (χ4v) is 2.24. The molecule has 0 fully saturated rings. The van der Waals surface area contributed by atoms with Crippen molar-refractivity contribution in [2.75, 3.05) is 5.23 Å². The van der Waals surface area contributed by atoms with E-state index in [9.17, 15) is 24.7 Å². The highest BCUT2D eigenvalue weighted by atomic mass is 16.8. The van der Waals surface area contributed by atoms with Crippen LogP contribution in [0.3, 0.4) is 0 Å². The van der Waals surface area contributed by atoms with Gasteiger partial charge in [-0.25, -0.2) is 19.1 Å². The highest BCUT2D eigenvalue weighted by molar-refractivity contribution is 5.82. The van der Waals surface area contributed by atoms with Crippen LogP contribution in [-0.2, 0) is 20.7 Å². The number of aromatic nitrogens is 2. The number of carboxylic acids is 2. The number of carbonyl (C=O) groups is 3. The average molecular weight is 379 g/mol. The number of carboxylic acid groups (broad SMARTS) is 2. The Bertz CT molecular complexity index is 850. The maximum Gasteiger partial charge on any atom is 0.420 e. The molecule has 1 unspecified atom stereocenters. The molecule has 0 saturated carbocycles. The van der Waals surface area contributed by atoms with Gasteiger partial charge in [-0.1, -0.05) is 18.2 Å². The van der Waals surface area contributed by atoms with E-state index in [-0.39, 0.29) is 17.7 Å². The SMILES string of the molecule is N[C@H](Cc1cncn1C(=O)OC(C(=O)O)c1ccccc1N([O-])O)C(=O)O. The lowest BCUT2D eigenvalue weighted by Gasteiger charge is -2.26. The molecular weight excluding hydrogens is 364 g/mol. The molecule has 0 saturated heterocycles. The van der Waals surface area contributed by atoms with Gasteiger partial charge < -0.3 is 31.1 Å². The molecule has 0 spiro atoms. The molecule has 0 aliphatic heterocycles. The van der Waals surface area contributed by atoms with Crippen molar-refractivity contribution in [3.8, 4) is 0 Å². The third kappa shape index (κ3) is 4.58. The van der Waals surface area contributed by atoms with Crippen LogP contribution in [0.25, 0.3) is 0 Å². The summed E-state index contributed by atoms with van der Waals surface area (Å²) >= 11 is 0. The van der Waals surface area contributed by atoms with E-state index in [1.807, 2.05) is 0 Å². The van der Waals surface area contributed by atoms with Crippen molar-refractivity contribution in [3.05, 3.63) is 53.3 Å². The second kappa shape index (κ2) is 8.27. The second-order valence-electron chi connectivity index (χ2n) is 5.34. The zero-order valence-electron chi connectivity index (χ0n) is 13.6. The Morgan fingerprint density at radius 3 is 2.52 bits per heavy atom. The summed E-state index contributed by atoms with van der Waals surface area (Å²) in [5, 5.41) is 38.0. The van der Waals surface area contributed by atoms with Crippen LogP contribution in [0.1, 0.15) is 17.4 Å². The van der Waals surface area contributed by atoms with Crippen LogP contribution < -0.4 is 11.0 Å². The van der Waals surface area contributed by atoms with Crippen LogP contribution in [0.4, 0.5) is 10.5 Å². The molecule has 0 aliphatic rings. The largest absolute Gasteiger partial charge is 0.733 e. The van der Waals surface area contributed by atoms with Gasteiger partial charge in [-0.15, -0.1) is 0 Å². The second-order valence-corrected chi connectivity index (χ2v) is 5.34. The minimum absolute atomic E-state index is 0.0833. The summed E-state index contributed by atoms with van der Waals surface area (Å²) in [6, 6.07) is 3.79. The van der Waals surface area contributed by atoms with Crippen molar-refractivity contribution >= 4 is 23.7 Å². The molecule has 12 nitrogen and oxygen atoms in total. The standard InChI is InChI=1S/C15H15N4O8/c16-10(13(20)21)5-8-6-17-7-18(8)15(24)27-12(14(22)23)9-3-1-2-4-11(9)19(25)26/h1-4,6-7,10,12,25H,5,16H2,(H,20,21)(H,22,23)/q-1/t10-,12?/m1/s1. The summed E-state index contributed by atoms with van der Waals surface area (Å²) in [4.78, 5) is 38.4. The number of ether oxygens (including phenoxy) is 1. The van der Waals surface area contributed by atoms with Gasteiger partial charge in [-0.2, -0.15) is 0 Å². The van der Waals surface area contributed by atoms with Crippen LogP contribution in [0.5, 0.6) is 0 Å². The van der Waals surface area contributed by atoms with Crippen molar-refractivity contribution in [2.24, 2.45) is 5.73 Å². The van der Waals surface area contributed by atoms with E-state index < -0.39 is 41.1 Å². The number of hydrogen-bond acceptors (Lipinski definition) is 9. The summed E-state index contributed by atoms with van der Waals surface area (Å²) in [6.07, 6.45) is -1.17. The van der Waals surface area contributed by atoms with Crippen molar-refractivity contribution in [1.29, 1.82) is 0 Å². The van der Waals surface area contributed by atoms with Gasteiger partial charge in [0.05, 0.1) is 11.4 Å². The smallest absolute Gasteiger partial charge is 0.420 e. The van der Waals surface area contributed by atoms with E-state index in [4.69, 9.17) is 20.8 Å². The van der Waals surface area contributed by atoms with Gasteiger partial charge >= 0.3 is 18.0 Å². The van der Waals surface area contributed by atoms with Gasteiger partial charge in [-0.05, 0) is 6.07 Å². The molecule has 0 radical (unpaired) electrons. The first-order chi connectivity index (χ1) is 12.7. The van der Waals surface area contributed by atoms with Crippen LogP contribution in [-0.4, -0.2) is 49.0 Å². The molecule has 2 aromatic rings. The van der Waals surface area contributed by atoms with E-state index in [1.54, 1.807) is 0 Å². The maximum absolute atomic E-state index is 12.3. The fourth-order valence-electron chi connectivity index (χ4n) is 2.24. The van der Waals surface area contributed by atoms with E-state index in [1.165, 1.54) is 24.4 Å². The van der Waals surface area contributed by atoms with Gasteiger partial charge in [0.15, 0.2) is 0 Å². The molecule has 2 atom stereocenters. The Labute approximate surface area is 151 Å². The van der Waals surface area contributed by atoms with Gasteiger partial charge in [0, 0.05) is 18.2 Å². The molecule has 1 aromatic heterocycles. The van der Waals surface area contributed by atoms with Gasteiger partial charge in [0.1, 0.15) is 12.4 Å². The number of nitrogens with zero attached hydrogens (tertiary/aromatic N) is 3. The van der Waals surface area contributed by atoms with E-state index in [0.717, 1.165) is 17.0 Å². The Morgan fingerprint density at radius 2 is 1.93 bits per heavy atom. The molecule has 27 heavy (non-hydrogen) atoms. The van der Waals surface area contributed by atoms with Crippen molar-refractivity contribution in [2.45, 2.75) is 18.6 Å². The summed E-state index contributed by atoms with van der Waals surface area (Å²) in [5.41, 5.74) is 4.81. The average Bonchev–Trinajstić information content (AvgIpc) is 3.07. The Balaban J connectivity index is 2.29. The fraction of sp³-hybridized carbons (Fsp3) is 0.200. The number of hydrogen-bond donors (Lipinski definition) is 4. The van der Waals surface area contributed by atoms with Crippen LogP contribution in [0, 0.1) is 5.21 Å². The van der Waals surface area contributed by atoms with Gasteiger partial charge in [-0.3, -0.25) is 10.0 Å². The lowest BCUT2D eigenvalue weighted by molar-refractivity contribution is -0.147. The van der Waals surface area contributed by atoms with Crippen molar-refractivity contribution in [3.63, 3.8) is 0 Å². The number of aliphatic carboxylic acids is 2. The molecule has 1 heterocycles. The molecule has 0 amide bonds. The Hall–Kier alpha value is -3.48. The van der Waals surface area contributed by atoms with Crippen LogP contribution in [0.2, 0.25) is 0 Å². The first kappa shape index (κ1) is 19.8. The van der Waals surface area contributed by atoms with Gasteiger partial charge in [0.25, 0.3) is 0 Å². The predicted molar refractivity (Wildman–Crippen MR) is 87.9 cm³/mol.